The van der Waals surface area contributed by atoms with Crippen LogP contribution in [0.2, 0.25) is 0 Å². The van der Waals surface area contributed by atoms with Gasteiger partial charge in [-0.2, -0.15) is 5.10 Å². The van der Waals surface area contributed by atoms with Gasteiger partial charge in [0.1, 0.15) is 12.4 Å². The first-order chi connectivity index (χ1) is 10.2. The van der Waals surface area contributed by atoms with Crippen LogP contribution in [0.4, 0.5) is 0 Å². The zero-order valence-electron chi connectivity index (χ0n) is 12.7. The zero-order valence-corrected chi connectivity index (χ0v) is 12.7. The average molecular weight is 292 g/mol. The van der Waals surface area contributed by atoms with Crippen molar-refractivity contribution >= 4 is 5.91 Å². The van der Waals surface area contributed by atoms with Gasteiger partial charge in [0.25, 0.3) is 0 Å². The monoisotopic (exact) mass is 292 g/mol. The van der Waals surface area contributed by atoms with Crippen LogP contribution in [-0.4, -0.2) is 26.3 Å². The van der Waals surface area contributed by atoms with Crippen LogP contribution in [-0.2, 0) is 24.3 Å². The van der Waals surface area contributed by atoms with Gasteiger partial charge < -0.3 is 5.32 Å². The first kappa shape index (κ1) is 14.4. The van der Waals surface area contributed by atoms with Crippen molar-refractivity contribution in [2.75, 3.05) is 0 Å². The fraction of sp³-hybridized carbons (Fsp3) is 0.800. The van der Waals surface area contributed by atoms with Gasteiger partial charge in [0.15, 0.2) is 0 Å². The first-order valence-corrected chi connectivity index (χ1v) is 8.15. The lowest BCUT2D eigenvalue weighted by Gasteiger charge is -2.04. The molecular weight excluding hydrogens is 268 g/mol. The van der Waals surface area contributed by atoms with E-state index in [1.54, 1.807) is 4.57 Å². The molecule has 0 aromatic carbocycles. The predicted molar refractivity (Wildman–Crippen MR) is 79.0 cm³/mol. The summed E-state index contributed by atoms with van der Waals surface area (Å²) in [7, 11) is 0. The van der Waals surface area contributed by atoms with Crippen molar-refractivity contribution in [1.29, 1.82) is 0 Å². The van der Waals surface area contributed by atoms with E-state index in [1.165, 1.54) is 11.1 Å². The number of nitrogens with zero attached hydrogens (tertiary/aromatic N) is 3. The predicted octanol–water partition coefficient (Wildman–Crippen LogP) is 1.08. The number of fused-ring (bicyclic) bond motifs is 1. The Morgan fingerprint density at radius 2 is 2.24 bits per heavy atom. The van der Waals surface area contributed by atoms with Crippen LogP contribution in [0.15, 0.2) is 4.79 Å². The standard InChI is InChI=1S/C15H24N4O2/c1-2-6-11-9-12(11)16-14(20)10-19-15(21)18-8-5-3-4-7-13(18)17-19/h11-12H,2-10H2,1H3,(H,16,20). The van der Waals surface area contributed by atoms with Crippen LogP contribution < -0.4 is 11.0 Å². The highest BCUT2D eigenvalue weighted by atomic mass is 16.2. The fourth-order valence-electron chi connectivity index (χ4n) is 3.23. The second-order valence-corrected chi connectivity index (χ2v) is 6.28. The molecule has 0 radical (unpaired) electrons. The Bertz CT molecular complexity index is 575. The fourth-order valence-corrected chi connectivity index (χ4v) is 3.23. The van der Waals surface area contributed by atoms with Gasteiger partial charge in [-0.3, -0.25) is 9.36 Å². The lowest BCUT2D eigenvalue weighted by atomic mass is 10.2. The highest BCUT2D eigenvalue weighted by Crippen LogP contribution is 2.34. The van der Waals surface area contributed by atoms with Crippen molar-refractivity contribution in [1.82, 2.24) is 19.7 Å². The molecule has 2 aliphatic rings. The minimum Gasteiger partial charge on any atom is -0.351 e. The number of amides is 1. The Morgan fingerprint density at radius 1 is 1.38 bits per heavy atom. The zero-order chi connectivity index (χ0) is 14.8. The Kier molecular flexibility index (Phi) is 4.12. The molecule has 2 unspecified atom stereocenters. The highest BCUT2D eigenvalue weighted by Gasteiger charge is 2.37. The van der Waals surface area contributed by atoms with Crippen molar-refractivity contribution in [2.45, 2.75) is 71.0 Å². The smallest absolute Gasteiger partial charge is 0.346 e. The van der Waals surface area contributed by atoms with E-state index in [2.05, 4.69) is 17.3 Å². The largest absolute Gasteiger partial charge is 0.351 e. The van der Waals surface area contributed by atoms with Crippen LogP contribution >= 0.6 is 0 Å². The van der Waals surface area contributed by atoms with Gasteiger partial charge in [-0.15, -0.1) is 0 Å². The second kappa shape index (κ2) is 6.03. The quantitative estimate of drug-likeness (QED) is 0.883. The molecule has 2 atom stereocenters. The lowest BCUT2D eigenvalue weighted by Crippen LogP contribution is -2.35. The van der Waals surface area contributed by atoms with Crippen molar-refractivity contribution < 1.29 is 4.79 Å². The molecular formula is C15H24N4O2. The molecule has 0 spiro atoms. The molecule has 0 bridgehead atoms. The Labute approximate surface area is 124 Å². The molecule has 21 heavy (non-hydrogen) atoms. The number of aromatic nitrogens is 3. The second-order valence-electron chi connectivity index (χ2n) is 6.28. The summed E-state index contributed by atoms with van der Waals surface area (Å²) in [5, 5.41) is 7.35. The number of carbonyl (C=O) groups is 1. The number of carbonyl (C=O) groups excluding carboxylic acids is 1. The summed E-state index contributed by atoms with van der Waals surface area (Å²) in [5.41, 5.74) is -0.136. The Morgan fingerprint density at radius 3 is 3.05 bits per heavy atom. The van der Waals surface area contributed by atoms with E-state index in [9.17, 15) is 9.59 Å². The van der Waals surface area contributed by atoms with E-state index in [1.807, 2.05) is 0 Å². The van der Waals surface area contributed by atoms with Crippen molar-refractivity contribution in [3.8, 4) is 0 Å². The molecule has 1 saturated carbocycles. The molecule has 116 valence electrons. The van der Waals surface area contributed by atoms with Gasteiger partial charge in [0.05, 0.1) is 0 Å². The third-order valence-electron chi connectivity index (χ3n) is 4.50. The van der Waals surface area contributed by atoms with E-state index in [-0.39, 0.29) is 18.1 Å². The molecule has 6 nitrogen and oxygen atoms in total. The molecule has 2 heterocycles. The summed E-state index contributed by atoms with van der Waals surface area (Å²) in [6, 6.07) is 0.314. The summed E-state index contributed by atoms with van der Waals surface area (Å²) >= 11 is 0. The molecule has 6 heteroatoms. The minimum atomic E-state index is -0.136. The molecule has 3 rings (SSSR count). The summed E-state index contributed by atoms with van der Waals surface area (Å²) in [6.07, 6.45) is 7.48. The van der Waals surface area contributed by atoms with Crippen LogP contribution in [0, 0.1) is 5.92 Å². The van der Waals surface area contributed by atoms with Crippen molar-refractivity contribution in [3.63, 3.8) is 0 Å². The third kappa shape index (κ3) is 3.19. The van der Waals surface area contributed by atoms with Crippen molar-refractivity contribution in [3.05, 3.63) is 16.3 Å². The minimum absolute atomic E-state index is 0.0498. The lowest BCUT2D eigenvalue weighted by molar-refractivity contribution is -0.122. The van der Waals surface area contributed by atoms with Gasteiger partial charge >= 0.3 is 5.69 Å². The molecule has 1 aliphatic carbocycles. The SMILES string of the molecule is CCCC1CC1NC(=O)Cn1nc2n(c1=O)CCCCC2. The van der Waals surface area contributed by atoms with Gasteiger partial charge in [0.2, 0.25) is 5.91 Å². The molecule has 1 aliphatic heterocycles. The van der Waals surface area contributed by atoms with Crippen LogP contribution in [0.25, 0.3) is 0 Å². The molecule has 0 saturated heterocycles. The Balaban J connectivity index is 1.60. The van der Waals surface area contributed by atoms with Crippen LogP contribution in [0.5, 0.6) is 0 Å². The van der Waals surface area contributed by atoms with Crippen molar-refractivity contribution in [2.24, 2.45) is 5.92 Å². The number of hydrogen-bond donors (Lipinski definition) is 1. The molecule has 1 amide bonds. The number of hydrogen-bond acceptors (Lipinski definition) is 3. The highest BCUT2D eigenvalue weighted by molar-refractivity contribution is 5.76. The molecule has 1 aromatic rings. The summed E-state index contributed by atoms with van der Waals surface area (Å²) < 4.78 is 3.06. The van der Waals surface area contributed by atoms with E-state index in [0.717, 1.165) is 50.9 Å². The number of aryl methyl sites for hydroxylation is 1. The van der Waals surface area contributed by atoms with Crippen LogP contribution in [0.1, 0.15) is 51.3 Å². The van der Waals surface area contributed by atoms with Gasteiger partial charge in [-0.25, -0.2) is 9.48 Å². The summed E-state index contributed by atoms with van der Waals surface area (Å²) in [4.78, 5) is 24.3. The van der Waals surface area contributed by atoms with E-state index in [0.29, 0.717) is 12.0 Å². The topological polar surface area (TPSA) is 68.9 Å². The maximum absolute atomic E-state index is 12.3. The van der Waals surface area contributed by atoms with E-state index in [4.69, 9.17) is 0 Å². The molecule has 1 aromatic heterocycles. The number of nitrogens with one attached hydrogen (secondary N) is 1. The van der Waals surface area contributed by atoms with Gasteiger partial charge in [0, 0.05) is 19.0 Å². The summed E-state index contributed by atoms with van der Waals surface area (Å²) in [6.45, 7) is 2.94. The van der Waals surface area contributed by atoms with Gasteiger partial charge in [-0.05, 0) is 31.6 Å². The maximum atomic E-state index is 12.3. The van der Waals surface area contributed by atoms with Crippen LogP contribution in [0.3, 0.4) is 0 Å². The first-order valence-electron chi connectivity index (χ1n) is 8.15. The van der Waals surface area contributed by atoms with Gasteiger partial charge in [-0.1, -0.05) is 19.8 Å². The van der Waals surface area contributed by atoms with E-state index < -0.39 is 0 Å². The molecule has 1 N–H and O–H groups in total. The Hall–Kier alpha value is -1.59. The summed E-state index contributed by atoms with van der Waals surface area (Å²) in [5.74, 6) is 1.38. The van der Waals surface area contributed by atoms with E-state index >= 15 is 0 Å². The average Bonchev–Trinajstić information content (AvgIpc) is 3.16. The normalized spacial score (nSPS) is 24.2. The third-order valence-corrected chi connectivity index (χ3v) is 4.50. The maximum Gasteiger partial charge on any atom is 0.346 e. The number of rotatable bonds is 5. The molecule has 1 fully saturated rings.